The fourth-order valence-corrected chi connectivity index (χ4v) is 2.47. The van der Waals surface area contributed by atoms with Crippen LogP contribution in [0, 0.1) is 0 Å². The minimum atomic E-state index is 0.177. The Kier molecular flexibility index (Phi) is 6.54. The largest absolute Gasteiger partial charge is 0.355 e. The predicted molar refractivity (Wildman–Crippen MR) is 81.7 cm³/mol. The lowest BCUT2D eigenvalue weighted by Crippen LogP contribution is -2.46. The summed E-state index contributed by atoms with van der Waals surface area (Å²) in [5.74, 6) is 0.177. The average molecular weight is 275 g/mol. The van der Waals surface area contributed by atoms with Gasteiger partial charge in [0.25, 0.3) is 0 Å². The van der Waals surface area contributed by atoms with E-state index < -0.39 is 0 Å². The fraction of sp³-hybridized carbons (Fsp3) is 0.562. The summed E-state index contributed by atoms with van der Waals surface area (Å²) in [5, 5.41) is 6.34. The molecule has 0 spiro atoms. The summed E-state index contributed by atoms with van der Waals surface area (Å²) in [7, 11) is 0. The van der Waals surface area contributed by atoms with Gasteiger partial charge >= 0.3 is 0 Å². The van der Waals surface area contributed by atoms with E-state index in [0.29, 0.717) is 6.42 Å². The Hall–Kier alpha value is -1.39. The van der Waals surface area contributed by atoms with E-state index in [1.54, 1.807) is 0 Å². The number of hydrogen-bond acceptors (Lipinski definition) is 3. The Labute approximate surface area is 121 Å². The number of carbonyl (C=O) groups excluding carboxylic acids is 1. The van der Waals surface area contributed by atoms with Gasteiger partial charge in [0.2, 0.25) is 5.91 Å². The van der Waals surface area contributed by atoms with Crippen LogP contribution in [0.3, 0.4) is 0 Å². The number of piperazine rings is 1. The Bertz CT molecular complexity index is 388. The van der Waals surface area contributed by atoms with E-state index in [4.69, 9.17) is 0 Å². The molecular weight excluding hydrogens is 250 g/mol. The Morgan fingerprint density at radius 2 is 1.95 bits per heavy atom. The van der Waals surface area contributed by atoms with Gasteiger partial charge in [0, 0.05) is 45.7 Å². The first-order chi connectivity index (χ1) is 9.84. The molecule has 1 saturated heterocycles. The van der Waals surface area contributed by atoms with Gasteiger partial charge < -0.3 is 10.6 Å². The molecular formula is C16H25N3O. The molecule has 1 aliphatic rings. The van der Waals surface area contributed by atoms with Gasteiger partial charge in [-0.05, 0) is 18.4 Å². The van der Waals surface area contributed by atoms with Crippen molar-refractivity contribution in [2.24, 2.45) is 0 Å². The summed E-state index contributed by atoms with van der Waals surface area (Å²) in [6.45, 7) is 6.03. The molecule has 4 heteroatoms. The molecule has 0 saturated carbocycles. The summed E-state index contributed by atoms with van der Waals surface area (Å²) < 4.78 is 0. The zero-order valence-electron chi connectivity index (χ0n) is 12.1. The van der Waals surface area contributed by atoms with Crippen LogP contribution in [0.15, 0.2) is 30.3 Å². The molecule has 110 valence electrons. The number of aryl methyl sites for hydroxylation is 1. The second kappa shape index (κ2) is 8.72. The molecule has 4 nitrogen and oxygen atoms in total. The first kappa shape index (κ1) is 15.0. The predicted octanol–water partition coefficient (Wildman–Crippen LogP) is 1.03. The van der Waals surface area contributed by atoms with E-state index in [9.17, 15) is 4.79 Å². The average Bonchev–Trinajstić information content (AvgIpc) is 2.49. The first-order valence-electron chi connectivity index (χ1n) is 7.58. The van der Waals surface area contributed by atoms with Crippen molar-refractivity contribution in [3.63, 3.8) is 0 Å². The lowest BCUT2D eigenvalue weighted by atomic mass is 10.1. The molecule has 1 aromatic carbocycles. The summed E-state index contributed by atoms with van der Waals surface area (Å²) >= 11 is 0. The van der Waals surface area contributed by atoms with Crippen LogP contribution < -0.4 is 10.6 Å². The van der Waals surface area contributed by atoms with Crippen molar-refractivity contribution in [3.8, 4) is 0 Å². The Morgan fingerprint density at radius 3 is 2.70 bits per heavy atom. The molecule has 1 aromatic rings. The third-order valence-electron chi connectivity index (χ3n) is 3.67. The number of carbonyl (C=O) groups is 1. The van der Waals surface area contributed by atoms with Crippen LogP contribution in [-0.2, 0) is 11.2 Å². The summed E-state index contributed by atoms with van der Waals surface area (Å²) in [6.07, 6.45) is 2.52. The van der Waals surface area contributed by atoms with Crippen LogP contribution in [0.5, 0.6) is 0 Å². The van der Waals surface area contributed by atoms with Crippen molar-refractivity contribution in [2.75, 3.05) is 39.3 Å². The molecule has 1 aliphatic heterocycles. The van der Waals surface area contributed by atoms with Crippen molar-refractivity contribution >= 4 is 5.91 Å². The van der Waals surface area contributed by atoms with E-state index in [0.717, 1.165) is 52.1 Å². The number of rotatable bonds is 7. The molecule has 0 atom stereocenters. The van der Waals surface area contributed by atoms with E-state index in [1.165, 1.54) is 5.56 Å². The van der Waals surface area contributed by atoms with Gasteiger partial charge in [-0.1, -0.05) is 30.3 Å². The van der Waals surface area contributed by atoms with Gasteiger partial charge in [0.15, 0.2) is 0 Å². The molecule has 0 bridgehead atoms. The molecule has 1 heterocycles. The van der Waals surface area contributed by atoms with Gasteiger partial charge in [-0.2, -0.15) is 0 Å². The highest BCUT2D eigenvalue weighted by atomic mass is 16.1. The maximum atomic E-state index is 11.7. The topological polar surface area (TPSA) is 44.4 Å². The summed E-state index contributed by atoms with van der Waals surface area (Å²) in [6, 6.07) is 10.3. The van der Waals surface area contributed by atoms with Crippen molar-refractivity contribution in [3.05, 3.63) is 35.9 Å². The van der Waals surface area contributed by atoms with Crippen LogP contribution in [0.25, 0.3) is 0 Å². The van der Waals surface area contributed by atoms with E-state index in [2.05, 4.69) is 27.7 Å². The lowest BCUT2D eigenvalue weighted by Gasteiger charge is -2.27. The van der Waals surface area contributed by atoms with Gasteiger partial charge in [-0.25, -0.2) is 0 Å². The number of hydrogen-bond donors (Lipinski definition) is 2. The second-order valence-electron chi connectivity index (χ2n) is 5.28. The molecule has 0 radical (unpaired) electrons. The fourth-order valence-electron chi connectivity index (χ4n) is 2.47. The number of nitrogens with zero attached hydrogens (tertiary/aromatic N) is 1. The van der Waals surface area contributed by atoms with Gasteiger partial charge in [-0.15, -0.1) is 0 Å². The zero-order chi connectivity index (χ0) is 14.0. The van der Waals surface area contributed by atoms with Crippen LogP contribution in [-0.4, -0.2) is 50.1 Å². The van der Waals surface area contributed by atoms with Gasteiger partial charge in [-0.3, -0.25) is 9.69 Å². The lowest BCUT2D eigenvalue weighted by molar-refractivity contribution is -0.121. The second-order valence-corrected chi connectivity index (χ2v) is 5.28. The molecule has 1 amide bonds. The quantitative estimate of drug-likeness (QED) is 0.781. The zero-order valence-corrected chi connectivity index (χ0v) is 12.1. The maximum Gasteiger partial charge on any atom is 0.220 e. The Morgan fingerprint density at radius 1 is 1.20 bits per heavy atom. The van der Waals surface area contributed by atoms with E-state index in [-0.39, 0.29) is 5.91 Å². The third kappa shape index (κ3) is 5.72. The van der Waals surface area contributed by atoms with Crippen LogP contribution in [0.2, 0.25) is 0 Å². The first-order valence-corrected chi connectivity index (χ1v) is 7.58. The van der Waals surface area contributed by atoms with E-state index >= 15 is 0 Å². The van der Waals surface area contributed by atoms with Crippen LogP contribution in [0.1, 0.15) is 18.4 Å². The van der Waals surface area contributed by atoms with Gasteiger partial charge in [0.05, 0.1) is 0 Å². The molecule has 0 aromatic heterocycles. The van der Waals surface area contributed by atoms with E-state index in [1.807, 2.05) is 18.2 Å². The number of benzene rings is 1. The smallest absolute Gasteiger partial charge is 0.220 e. The normalized spacial score (nSPS) is 16.0. The van der Waals surface area contributed by atoms with Crippen LogP contribution in [0.4, 0.5) is 0 Å². The monoisotopic (exact) mass is 275 g/mol. The molecule has 20 heavy (non-hydrogen) atoms. The standard InChI is InChI=1S/C16H25N3O/c20-16(8-4-7-15-5-2-1-3-6-15)18-11-14-19-12-9-17-10-13-19/h1-3,5-6,17H,4,7-14H2,(H,18,20). The third-order valence-corrected chi connectivity index (χ3v) is 3.67. The molecule has 0 aliphatic carbocycles. The molecule has 1 fully saturated rings. The molecule has 2 rings (SSSR count). The van der Waals surface area contributed by atoms with Crippen molar-refractivity contribution in [1.29, 1.82) is 0 Å². The SMILES string of the molecule is O=C(CCCc1ccccc1)NCCN1CCNCC1. The molecule has 0 unspecified atom stereocenters. The van der Waals surface area contributed by atoms with Gasteiger partial charge in [0.1, 0.15) is 0 Å². The minimum Gasteiger partial charge on any atom is -0.355 e. The maximum absolute atomic E-state index is 11.7. The van der Waals surface area contributed by atoms with Crippen LogP contribution >= 0.6 is 0 Å². The number of nitrogens with one attached hydrogen (secondary N) is 2. The Balaban J connectivity index is 1.52. The van der Waals surface area contributed by atoms with Crippen molar-refractivity contribution in [1.82, 2.24) is 15.5 Å². The number of amides is 1. The minimum absolute atomic E-state index is 0.177. The van der Waals surface area contributed by atoms with Crippen molar-refractivity contribution in [2.45, 2.75) is 19.3 Å². The highest BCUT2D eigenvalue weighted by molar-refractivity contribution is 5.75. The summed E-state index contributed by atoms with van der Waals surface area (Å²) in [5.41, 5.74) is 1.31. The summed E-state index contributed by atoms with van der Waals surface area (Å²) in [4.78, 5) is 14.1. The highest BCUT2D eigenvalue weighted by Gasteiger charge is 2.09. The molecule has 2 N–H and O–H groups in total. The van der Waals surface area contributed by atoms with Crippen molar-refractivity contribution < 1.29 is 4.79 Å². The highest BCUT2D eigenvalue weighted by Crippen LogP contribution is 2.04.